The lowest BCUT2D eigenvalue weighted by Gasteiger charge is -2.47. The molecule has 3 rings (SSSR count). The van der Waals surface area contributed by atoms with Gasteiger partial charge in [-0.2, -0.15) is 0 Å². The Balaban J connectivity index is 1.85. The highest BCUT2D eigenvalue weighted by Gasteiger charge is 2.54. The van der Waals surface area contributed by atoms with Gasteiger partial charge in [-0.15, -0.1) is 0 Å². The molecule has 198 valence electrons. The molecule has 12 nitrogen and oxygen atoms in total. The Labute approximate surface area is 203 Å². The molecule has 0 radical (unpaired) electrons. The van der Waals surface area contributed by atoms with Gasteiger partial charge < -0.3 is 53.2 Å². The molecular formula is C23H34O12. The Kier molecular flexibility index (Phi) is 10.4. The molecule has 2 heterocycles. The fourth-order valence-corrected chi connectivity index (χ4v) is 4.38. The zero-order valence-electron chi connectivity index (χ0n) is 20.1. The lowest BCUT2D eigenvalue weighted by Crippen LogP contribution is -2.66. The second-order valence-corrected chi connectivity index (χ2v) is 8.24. The predicted molar refractivity (Wildman–Crippen MR) is 117 cm³/mol. The molecule has 0 amide bonds. The number of hydrogen-bond acceptors (Lipinski definition) is 11. The molecule has 0 bridgehead atoms. The average molecular weight is 503 g/mol. The third-order valence-electron chi connectivity index (χ3n) is 6.10. The minimum Gasteiger partial charge on any atom is -0.479 e. The number of carboxylic acid groups (broad SMARTS) is 1. The second kappa shape index (κ2) is 13.0. The lowest BCUT2D eigenvalue weighted by molar-refractivity contribution is -0.360. The summed E-state index contributed by atoms with van der Waals surface area (Å²) in [6, 6.07) is 9.36. The van der Waals surface area contributed by atoms with E-state index in [2.05, 4.69) is 0 Å². The van der Waals surface area contributed by atoms with Crippen molar-refractivity contribution in [2.45, 2.75) is 68.0 Å². The van der Waals surface area contributed by atoms with E-state index in [1.165, 1.54) is 28.4 Å². The van der Waals surface area contributed by atoms with Crippen molar-refractivity contribution in [2.75, 3.05) is 35.0 Å². The van der Waals surface area contributed by atoms with Gasteiger partial charge in [-0.1, -0.05) is 30.3 Å². The highest BCUT2D eigenvalue weighted by Crippen LogP contribution is 2.33. The standard InChI is InChI=1S/C23H34O12/c1-28-11-13-15(34-23-20(31-4)16(29-2)14(24)17(35-23)21(25)26)18(30-3)19(22(27)33-13)32-10-12-8-6-5-7-9-12/h5-9,13-20,22-24,27H,10-11H2,1-4H3,(H,25,26)/t13?,14-,15+,16?,17+,18-,19?,20?,22-,23-/m0/s1. The number of carboxylic acids is 1. The van der Waals surface area contributed by atoms with Crippen molar-refractivity contribution in [3.63, 3.8) is 0 Å². The molecule has 0 aliphatic carbocycles. The van der Waals surface area contributed by atoms with Crippen molar-refractivity contribution in [3.05, 3.63) is 35.9 Å². The summed E-state index contributed by atoms with van der Waals surface area (Å²) < 4.78 is 45.1. The Hall–Kier alpha value is -1.71. The maximum absolute atomic E-state index is 11.7. The van der Waals surface area contributed by atoms with Gasteiger partial charge in [0.05, 0.1) is 13.2 Å². The molecule has 0 spiro atoms. The SMILES string of the molecule is COCC1O[C@H](O)C(OCc2ccccc2)[C@@H](OC)[C@@H]1O[C@H]1O[C@@H](C(=O)O)[C@@H](O)C(OC)C1OC. The van der Waals surface area contributed by atoms with Gasteiger partial charge in [0.1, 0.15) is 42.7 Å². The van der Waals surface area contributed by atoms with Crippen molar-refractivity contribution in [3.8, 4) is 0 Å². The summed E-state index contributed by atoms with van der Waals surface area (Å²) in [5.74, 6) is -1.39. The van der Waals surface area contributed by atoms with Crippen LogP contribution in [-0.4, -0.2) is 118 Å². The van der Waals surface area contributed by atoms with Gasteiger partial charge in [0, 0.05) is 28.4 Å². The lowest BCUT2D eigenvalue weighted by atomic mass is 9.96. The molecule has 3 N–H and O–H groups in total. The third kappa shape index (κ3) is 6.35. The molecule has 0 saturated carbocycles. The number of aliphatic carboxylic acids is 1. The van der Waals surface area contributed by atoms with Crippen molar-refractivity contribution in [2.24, 2.45) is 0 Å². The number of ether oxygens (including phenoxy) is 8. The quantitative estimate of drug-likeness (QED) is 0.359. The molecule has 2 saturated heterocycles. The topological polar surface area (TPSA) is 152 Å². The average Bonchev–Trinajstić information content (AvgIpc) is 2.85. The van der Waals surface area contributed by atoms with E-state index < -0.39 is 67.4 Å². The fraction of sp³-hybridized carbons (Fsp3) is 0.696. The first-order valence-corrected chi connectivity index (χ1v) is 11.1. The van der Waals surface area contributed by atoms with E-state index >= 15 is 0 Å². The van der Waals surface area contributed by atoms with Crippen LogP contribution in [0.2, 0.25) is 0 Å². The van der Waals surface area contributed by atoms with Crippen LogP contribution in [0.5, 0.6) is 0 Å². The summed E-state index contributed by atoms with van der Waals surface area (Å²) >= 11 is 0. The summed E-state index contributed by atoms with van der Waals surface area (Å²) in [6.45, 7) is 0.198. The minimum absolute atomic E-state index is 0.0239. The van der Waals surface area contributed by atoms with E-state index in [1.54, 1.807) is 0 Å². The van der Waals surface area contributed by atoms with Crippen LogP contribution in [0.15, 0.2) is 30.3 Å². The van der Waals surface area contributed by atoms with Gasteiger partial charge >= 0.3 is 5.97 Å². The van der Waals surface area contributed by atoms with Gasteiger partial charge in [-0.25, -0.2) is 4.79 Å². The zero-order chi connectivity index (χ0) is 25.5. The number of carbonyl (C=O) groups is 1. The van der Waals surface area contributed by atoms with Crippen LogP contribution in [0, 0.1) is 0 Å². The fourth-order valence-electron chi connectivity index (χ4n) is 4.38. The molecule has 35 heavy (non-hydrogen) atoms. The molecule has 2 aliphatic rings. The van der Waals surface area contributed by atoms with Crippen LogP contribution in [0.3, 0.4) is 0 Å². The van der Waals surface area contributed by atoms with Crippen LogP contribution in [0.1, 0.15) is 5.56 Å². The van der Waals surface area contributed by atoms with E-state index in [9.17, 15) is 20.1 Å². The highest BCUT2D eigenvalue weighted by molar-refractivity contribution is 5.73. The van der Waals surface area contributed by atoms with Crippen LogP contribution < -0.4 is 0 Å². The summed E-state index contributed by atoms with van der Waals surface area (Å²) in [6.07, 6.45) is -11.4. The number of rotatable bonds is 11. The Morgan fingerprint density at radius 3 is 2.11 bits per heavy atom. The largest absolute Gasteiger partial charge is 0.479 e. The van der Waals surface area contributed by atoms with Crippen LogP contribution in [-0.2, 0) is 49.3 Å². The van der Waals surface area contributed by atoms with Gasteiger partial charge in [0.2, 0.25) is 0 Å². The molecule has 0 aromatic heterocycles. The summed E-state index contributed by atoms with van der Waals surface area (Å²) in [4.78, 5) is 11.7. The first-order valence-electron chi connectivity index (χ1n) is 11.1. The first-order chi connectivity index (χ1) is 16.9. The highest BCUT2D eigenvalue weighted by atomic mass is 16.7. The molecule has 1 aromatic rings. The maximum Gasteiger partial charge on any atom is 0.335 e. The minimum atomic E-state index is -1.63. The van der Waals surface area contributed by atoms with Gasteiger partial charge in [-0.3, -0.25) is 0 Å². The number of aliphatic hydroxyl groups excluding tert-OH is 2. The van der Waals surface area contributed by atoms with E-state index in [0.717, 1.165) is 5.56 Å². The normalized spacial score (nSPS) is 37.8. The van der Waals surface area contributed by atoms with E-state index in [0.29, 0.717) is 0 Å². The van der Waals surface area contributed by atoms with Gasteiger partial charge in [0.15, 0.2) is 18.7 Å². The molecule has 1 aromatic carbocycles. The smallest absolute Gasteiger partial charge is 0.335 e. The maximum atomic E-state index is 11.7. The molecule has 4 unspecified atom stereocenters. The molecule has 10 atom stereocenters. The summed E-state index contributed by atoms with van der Waals surface area (Å²) in [7, 11) is 5.57. The molecule has 2 aliphatic heterocycles. The molecule has 12 heteroatoms. The van der Waals surface area contributed by atoms with E-state index in [-0.39, 0.29) is 13.2 Å². The van der Waals surface area contributed by atoms with Crippen LogP contribution >= 0.6 is 0 Å². The Bertz CT molecular complexity index is 779. The zero-order valence-corrected chi connectivity index (χ0v) is 20.1. The molecular weight excluding hydrogens is 468 g/mol. The summed E-state index contributed by atoms with van der Waals surface area (Å²) in [5.41, 5.74) is 0.877. The number of hydrogen-bond donors (Lipinski definition) is 3. The third-order valence-corrected chi connectivity index (χ3v) is 6.10. The molecule has 2 fully saturated rings. The first kappa shape index (κ1) is 27.9. The van der Waals surface area contributed by atoms with E-state index in [1.807, 2.05) is 30.3 Å². The predicted octanol–water partition coefficient (Wildman–Crippen LogP) is -0.464. The van der Waals surface area contributed by atoms with Crippen molar-refractivity contribution < 1.29 is 58.0 Å². The number of methoxy groups -OCH3 is 4. The van der Waals surface area contributed by atoms with Crippen LogP contribution in [0.25, 0.3) is 0 Å². The number of benzene rings is 1. The monoisotopic (exact) mass is 502 g/mol. The number of aliphatic hydroxyl groups is 2. The van der Waals surface area contributed by atoms with Crippen LogP contribution in [0.4, 0.5) is 0 Å². The van der Waals surface area contributed by atoms with Crippen molar-refractivity contribution in [1.29, 1.82) is 0 Å². The van der Waals surface area contributed by atoms with Crippen molar-refractivity contribution >= 4 is 5.97 Å². The van der Waals surface area contributed by atoms with Crippen molar-refractivity contribution in [1.82, 2.24) is 0 Å². The van der Waals surface area contributed by atoms with E-state index in [4.69, 9.17) is 37.9 Å². The van der Waals surface area contributed by atoms with Gasteiger partial charge in [-0.05, 0) is 5.56 Å². The Morgan fingerprint density at radius 2 is 1.54 bits per heavy atom. The summed E-state index contributed by atoms with van der Waals surface area (Å²) in [5, 5.41) is 30.6. The second-order valence-electron chi connectivity index (χ2n) is 8.24. The Morgan fingerprint density at radius 1 is 0.886 bits per heavy atom. The van der Waals surface area contributed by atoms with Gasteiger partial charge in [0.25, 0.3) is 0 Å².